The van der Waals surface area contributed by atoms with Gasteiger partial charge >= 0.3 is 0 Å². The molecular formula is C31H43NO2. The number of anilines is 1. The Morgan fingerprint density at radius 2 is 1.82 bits per heavy atom. The van der Waals surface area contributed by atoms with Crippen LogP contribution in [0, 0.1) is 5.41 Å². The van der Waals surface area contributed by atoms with Crippen LogP contribution in [0.4, 0.5) is 5.69 Å². The third-order valence-electron chi connectivity index (χ3n) is 6.27. The van der Waals surface area contributed by atoms with Gasteiger partial charge in [-0.05, 0) is 87.3 Å². The van der Waals surface area contributed by atoms with E-state index in [9.17, 15) is 4.79 Å². The quantitative estimate of drug-likeness (QED) is 0.203. The Hall–Kier alpha value is -2.81. The molecule has 0 radical (unpaired) electrons. The molecule has 0 fully saturated rings. The van der Waals surface area contributed by atoms with Crippen molar-refractivity contribution < 1.29 is 9.53 Å². The minimum absolute atomic E-state index is 0.138. The van der Waals surface area contributed by atoms with Crippen molar-refractivity contribution in [3.63, 3.8) is 0 Å². The van der Waals surface area contributed by atoms with Gasteiger partial charge in [-0.25, -0.2) is 0 Å². The van der Waals surface area contributed by atoms with Gasteiger partial charge in [-0.15, -0.1) is 0 Å². The van der Waals surface area contributed by atoms with Gasteiger partial charge in [0.15, 0.2) is 0 Å². The summed E-state index contributed by atoms with van der Waals surface area (Å²) in [6.07, 6.45) is 19.3. The molecule has 1 amide bonds. The van der Waals surface area contributed by atoms with E-state index in [1.54, 1.807) is 6.08 Å². The maximum Gasteiger partial charge on any atom is 0.248 e. The summed E-state index contributed by atoms with van der Waals surface area (Å²) < 4.78 is 5.72. The largest absolute Gasteiger partial charge is 0.494 e. The third-order valence-corrected chi connectivity index (χ3v) is 6.27. The van der Waals surface area contributed by atoms with E-state index in [1.807, 2.05) is 43.3 Å². The highest BCUT2D eigenvalue weighted by Crippen LogP contribution is 2.40. The van der Waals surface area contributed by atoms with Crippen LogP contribution in [0.25, 0.3) is 0 Å². The molecule has 1 N–H and O–H groups in total. The molecule has 2 rings (SSSR count). The van der Waals surface area contributed by atoms with E-state index in [2.05, 4.69) is 58.2 Å². The lowest BCUT2D eigenvalue weighted by atomic mass is 9.72. The Balaban J connectivity index is 1.87. The van der Waals surface area contributed by atoms with Crippen molar-refractivity contribution in [1.29, 1.82) is 0 Å². The van der Waals surface area contributed by atoms with Crippen LogP contribution in [-0.4, -0.2) is 12.5 Å². The number of allylic oxidation sites excluding steroid dienone is 9. The molecule has 0 unspecified atom stereocenters. The van der Waals surface area contributed by atoms with Crippen LogP contribution >= 0.6 is 0 Å². The monoisotopic (exact) mass is 461 g/mol. The van der Waals surface area contributed by atoms with Crippen molar-refractivity contribution in [2.75, 3.05) is 11.9 Å². The standard InChI is InChI=1S/C31H43NO2/c1-7-8-9-22-34-28-18-16-27(17-19-28)32-30(33)23-25(3)13-10-12-24(2)15-20-29-26(4)14-11-21-31(29,5)6/h10,12-13,15-20,23H,7-9,11,14,21-22H2,1-6H3,(H,32,33)/b13-10+,20-15+,24-12-,25-23+. The van der Waals surface area contributed by atoms with Crippen LogP contribution in [0.5, 0.6) is 5.75 Å². The first-order valence-corrected chi connectivity index (χ1v) is 12.7. The Bertz CT molecular complexity index is 956. The Morgan fingerprint density at radius 1 is 1.09 bits per heavy atom. The van der Waals surface area contributed by atoms with Gasteiger partial charge in [0.05, 0.1) is 6.61 Å². The number of hydrogen-bond donors (Lipinski definition) is 1. The van der Waals surface area contributed by atoms with Crippen LogP contribution in [0.1, 0.15) is 80.1 Å². The molecule has 0 saturated heterocycles. The number of nitrogens with one attached hydrogen (secondary N) is 1. The number of rotatable bonds is 11. The highest BCUT2D eigenvalue weighted by atomic mass is 16.5. The van der Waals surface area contributed by atoms with Crippen LogP contribution in [0.2, 0.25) is 0 Å². The molecule has 1 aliphatic rings. The van der Waals surface area contributed by atoms with E-state index in [4.69, 9.17) is 4.74 Å². The number of hydrogen-bond acceptors (Lipinski definition) is 2. The van der Waals surface area contributed by atoms with Crippen LogP contribution in [0.15, 0.2) is 83.0 Å². The molecular weight excluding hydrogens is 418 g/mol. The fourth-order valence-corrected chi connectivity index (χ4v) is 4.24. The van der Waals surface area contributed by atoms with Crippen LogP contribution in [0.3, 0.4) is 0 Å². The van der Waals surface area contributed by atoms with Gasteiger partial charge in [0.25, 0.3) is 0 Å². The van der Waals surface area contributed by atoms with E-state index in [-0.39, 0.29) is 11.3 Å². The minimum atomic E-state index is -0.138. The second kappa shape index (κ2) is 13.8. The molecule has 0 spiro atoms. The van der Waals surface area contributed by atoms with Crippen molar-refractivity contribution in [1.82, 2.24) is 0 Å². The lowest BCUT2D eigenvalue weighted by molar-refractivity contribution is -0.111. The first kappa shape index (κ1) is 27.4. The van der Waals surface area contributed by atoms with Gasteiger partial charge in [0.1, 0.15) is 5.75 Å². The summed E-state index contributed by atoms with van der Waals surface area (Å²) in [5.41, 5.74) is 6.08. The van der Waals surface area contributed by atoms with Gasteiger partial charge in [0.2, 0.25) is 5.91 Å². The molecule has 1 aromatic carbocycles. The Labute approximate surface area is 207 Å². The average molecular weight is 462 g/mol. The molecule has 0 atom stereocenters. The number of carbonyl (C=O) groups excluding carboxylic acids is 1. The van der Waals surface area contributed by atoms with E-state index in [1.165, 1.54) is 48.8 Å². The number of unbranched alkanes of at least 4 members (excludes halogenated alkanes) is 2. The summed E-state index contributed by atoms with van der Waals surface area (Å²) in [6, 6.07) is 7.53. The van der Waals surface area contributed by atoms with Crippen molar-refractivity contribution in [3.8, 4) is 5.75 Å². The fraction of sp³-hybridized carbons (Fsp3) is 0.452. The lowest BCUT2D eigenvalue weighted by Gasteiger charge is -2.32. The SMILES string of the molecule is CCCCCOc1ccc(NC(=O)/C=C(C)/C=C/C=C(C)\C=C\C2=C(C)CCCC2(C)C)cc1. The van der Waals surface area contributed by atoms with Gasteiger partial charge in [-0.2, -0.15) is 0 Å². The molecule has 3 nitrogen and oxygen atoms in total. The summed E-state index contributed by atoms with van der Waals surface area (Å²) in [7, 11) is 0. The second-order valence-electron chi connectivity index (χ2n) is 9.99. The molecule has 0 aliphatic heterocycles. The van der Waals surface area contributed by atoms with Crippen molar-refractivity contribution >= 4 is 11.6 Å². The molecule has 3 heteroatoms. The highest BCUT2D eigenvalue weighted by Gasteiger charge is 2.26. The molecule has 0 aromatic heterocycles. The summed E-state index contributed by atoms with van der Waals surface area (Å²) >= 11 is 0. The number of ether oxygens (including phenoxy) is 1. The van der Waals surface area contributed by atoms with Gasteiger partial charge in [-0.3, -0.25) is 4.79 Å². The topological polar surface area (TPSA) is 38.3 Å². The zero-order valence-electron chi connectivity index (χ0n) is 22.0. The highest BCUT2D eigenvalue weighted by molar-refractivity contribution is 6.00. The van der Waals surface area contributed by atoms with Crippen LogP contribution in [-0.2, 0) is 4.79 Å². The number of benzene rings is 1. The van der Waals surface area contributed by atoms with E-state index >= 15 is 0 Å². The molecule has 1 aromatic rings. The second-order valence-corrected chi connectivity index (χ2v) is 9.99. The van der Waals surface area contributed by atoms with Crippen LogP contribution < -0.4 is 10.1 Å². The Morgan fingerprint density at radius 3 is 2.50 bits per heavy atom. The predicted octanol–water partition coefficient (Wildman–Crippen LogP) is 8.73. The molecule has 1 aliphatic carbocycles. The summed E-state index contributed by atoms with van der Waals surface area (Å²) in [5.74, 6) is 0.694. The normalized spacial score (nSPS) is 17.0. The zero-order valence-corrected chi connectivity index (χ0v) is 22.0. The predicted molar refractivity (Wildman–Crippen MR) is 146 cm³/mol. The van der Waals surface area contributed by atoms with E-state index in [0.717, 1.165) is 30.0 Å². The fourth-order valence-electron chi connectivity index (χ4n) is 4.24. The maximum absolute atomic E-state index is 12.3. The lowest BCUT2D eigenvalue weighted by Crippen LogP contribution is -2.19. The average Bonchev–Trinajstić information content (AvgIpc) is 2.77. The number of amides is 1. The molecule has 0 saturated carbocycles. The summed E-state index contributed by atoms with van der Waals surface area (Å²) in [6.45, 7) is 13.9. The first-order valence-electron chi connectivity index (χ1n) is 12.7. The van der Waals surface area contributed by atoms with Gasteiger partial charge in [0, 0.05) is 11.8 Å². The van der Waals surface area contributed by atoms with Crippen molar-refractivity contribution in [2.24, 2.45) is 5.41 Å². The van der Waals surface area contributed by atoms with Crippen molar-refractivity contribution in [2.45, 2.75) is 80.1 Å². The molecule has 0 heterocycles. The molecule has 0 bridgehead atoms. The molecule has 34 heavy (non-hydrogen) atoms. The third kappa shape index (κ3) is 9.59. The minimum Gasteiger partial charge on any atom is -0.494 e. The Kier molecular flexibility index (Phi) is 11.1. The first-order chi connectivity index (χ1) is 16.2. The summed E-state index contributed by atoms with van der Waals surface area (Å²) in [5, 5.41) is 2.91. The van der Waals surface area contributed by atoms with Gasteiger partial charge in [-0.1, -0.05) is 75.1 Å². The zero-order chi connectivity index (χ0) is 25.0. The van der Waals surface area contributed by atoms with E-state index in [0.29, 0.717) is 0 Å². The van der Waals surface area contributed by atoms with Crippen molar-refractivity contribution in [3.05, 3.63) is 83.0 Å². The smallest absolute Gasteiger partial charge is 0.248 e. The van der Waals surface area contributed by atoms with E-state index < -0.39 is 0 Å². The maximum atomic E-state index is 12.3. The summed E-state index contributed by atoms with van der Waals surface area (Å²) in [4.78, 5) is 12.3. The number of carbonyl (C=O) groups is 1. The molecule has 184 valence electrons. The van der Waals surface area contributed by atoms with Gasteiger partial charge < -0.3 is 10.1 Å².